The van der Waals surface area contributed by atoms with Crippen LogP contribution in [0.4, 0.5) is 16.2 Å². The maximum absolute atomic E-state index is 13.1. The molecule has 4 rings (SSSR count). The number of nitrogens with zero attached hydrogens (tertiary/aromatic N) is 1. The average molecular weight is 446 g/mol. The summed E-state index contributed by atoms with van der Waals surface area (Å²) in [4.78, 5) is 27.4. The Hall–Kier alpha value is -4.00. The number of hydrogen-bond acceptors (Lipinski definition) is 4. The molecule has 2 N–H and O–H groups in total. The zero-order chi connectivity index (χ0) is 23.4. The molecule has 7 nitrogen and oxygen atoms in total. The van der Waals surface area contributed by atoms with E-state index in [-0.39, 0.29) is 18.0 Å². The molecule has 33 heavy (non-hydrogen) atoms. The first-order valence-electron chi connectivity index (χ1n) is 10.8. The Labute approximate surface area is 193 Å². The van der Waals surface area contributed by atoms with Gasteiger partial charge in [-0.2, -0.15) is 0 Å². The van der Waals surface area contributed by atoms with Crippen molar-refractivity contribution in [1.29, 1.82) is 0 Å². The minimum atomic E-state index is -0.340. The van der Waals surface area contributed by atoms with Crippen molar-refractivity contribution < 1.29 is 19.1 Å². The van der Waals surface area contributed by atoms with Crippen molar-refractivity contribution in [2.24, 2.45) is 0 Å². The van der Waals surface area contributed by atoms with Gasteiger partial charge in [0.15, 0.2) is 11.5 Å². The number of ether oxygens (including phenoxy) is 2. The molecule has 0 fully saturated rings. The Morgan fingerprint density at radius 3 is 2.45 bits per heavy atom. The molecule has 0 aromatic heterocycles. The van der Waals surface area contributed by atoms with Crippen molar-refractivity contribution in [2.75, 3.05) is 24.4 Å². The summed E-state index contributed by atoms with van der Waals surface area (Å²) in [5.41, 5.74) is 4.19. The predicted molar refractivity (Wildman–Crippen MR) is 128 cm³/mol. The van der Waals surface area contributed by atoms with Gasteiger partial charge in [0.1, 0.15) is 0 Å². The first kappa shape index (κ1) is 22.2. The fourth-order valence-electron chi connectivity index (χ4n) is 4.06. The van der Waals surface area contributed by atoms with E-state index in [0.29, 0.717) is 29.3 Å². The molecule has 7 heteroatoms. The first-order valence-corrected chi connectivity index (χ1v) is 10.8. The molecular formula is C26H27N3O4. The van der Waals surface area contributed by atoms with Gasteiger partial charge in [-0.15, -0.1) is 0 Å². The summed E-state index contributed by atoms with van der Waals surface area (Å²) >= 11 is 0. The zero-order valence-electron chi connectivity index (χ0n) is 18.9. The van der Waals surface area contributed by atoms with Gasteiger partial charge in [0.25, 0.3) is 5.91 Å². The number of benzene rings is 3. The van der Waals surface area contributed by atoms with Crippen LogP contribution in [0.2, 0.25) is 0 Å². The molecular weight excluding hydrogens is 418 g/mol. The number of methoxy groups -OCH3 is 2. The van der Waals surface area contributed by atoms with E-state index in [1.807, 2.05) is 53.4 Å². The van der Waals surface area contributed by atoms with Crippen LogP contribution in [0.1, 0.15) is 28.4 Å². The topological polar surface area (TPSA) is 79.9 Å². The van der Waals surface area contributed by atoms with Crippen LogP contribution < -0.4 is 25.0 Å². The van der Waals surface area contributed by atoms with Gasteiger partial charge in [0.2, 0.25) is 0 Å². The number of nitrogens with one attached hydrogen (secondary N) is 2. The van der Waals surface area contributed by atoms with E-state index >= 15 is 0 Å². The van der Waals surface area contributed by atoms with Gasteiger partial charge < -0.3 is 25.0 Å². The van der Waals surface area contributed by atoms with Crippen molar-refractivity contribution in [1.82, 2.24) is 5.32 Å². The monoisotopic (exact) mass is 445 g/mol. The van der Waals surface area contributed by atoms with E-state index in [4.69, 9.17) is 9.47 Å². The van der Waals surface area contributed by atoms with E-state index < -0.39 is 0 Å². The van der Waals surface area contributed by atoms with Gasteiger partial charge in [0, 0.05) is 35.6 Å². The molecule has 0 bridgehead atoms. The molecule has 0 spiro atoms. The highest BCUT2D eigenvalue weighted by Crippen LogP contribution is 2.34. The molecule has 0 aliphatic carbocycles. The summed E-state index contributed by atoms with van der Waals surface area (Å²) in [7, 11) is 3.10. The highest BCUT2D eigenvalue weighted by atomic mass is 16.5. The standard InChI is InChI=1S/C26H27N3O4/c1-17-13-20-10-9-18(14-22(20)29(17)25(30)19-7-5-4-6-8-19)16-27-26(31)28-21-11-12-23(32-2)24(15-21)33-3/h4-12,14-15,17H,13,16H2,1-3H3,(H2,27,28,31)/t17-/m0/s1. The summed E-state index contributed by atoms with van der Waals surface area (Å²) in [5.74, 6) is 1.11. The van der Waals surface area contributed by atoms with Gasteiger partial charge in [-0.3, -0.25) is 4.79 Å². The Kier molecular flexibility index (Phi) is 6.49. The van der Waals surface area contributed by atoms with Crippen LogP contribution in [0.3, 0.4) is 0 Å². The lowest BCUT2D eigenvalue weighted by Crippen LogP contribution is -2.35. The second-order valence-electron chi connectivity index (χ2n) is 7.93. The van der Waals surface area contributed by atoms with E-state index in [0.717, 1.165) is 23.2 Å². The number of fused-ring (bicyclic) bond motifs is 1. The summed E-state index contributed by atoms with van der Waals surface area (Å²) in [6, 6.07) is 20.2. The molecule has 1 atom stereocenters. The maximum Gasteiger partial charge on any atom is 0.319 e. The number of amides is 3. The van der Waals surface area contributed by atoms with Gasteiger partial charge in [-0.05, 0) is 54.8 Å². The van der Waals surface area contributed by atoms with E-state index in [9.17, 15) is 9.59 Å². The van der Waals surface area contributed by atoms with Crippen LogP contribution in [0.15, 0.2) is 66.7 Å². The maximum atomic E-state index is 13.1. The fourth-order valence-corrected chi connectivity index (χ4v) is 4.06. The minimum Gasteiger partial charge on any atom is -0.493 e. The molecule has 1 aliphatic rings. The number of urea groups is 1. The Morgan fingerprint density at radius 1 is 0.970 bits per heavy atom. The molecule has 3 amide bonds. The van der Waals surface area contributed by atoms with Gasteiger partial charge in [-0.1, -0.05) is 30.3 Å². The number of carbonyl (C=O) groups excluding carboxylic acids is 2. The van der Waals surface area contributed by atoms with Crippen LogP contribution in [0.5, 0.6) is 11.5 Å². The van der Waals surface area contributed by atoms with Crippen molar-refractivity contribution >= 4 is 23.3 Å². The van der Waals surface area contributed by atoms with Crippen molar-refractivity contribution in [2.45, 2.75) is 25.9 Å². The van der Waals surface area contributed by atoms with Crippen molar-refractivity contribution in [3.05, 3.63) is 83.4 Å². The lowest BCUT2D eigenvalue weighted by molar-refractivity contribution is 0.0981. The van der Waals surface area contributed by atoms with Crippen LogP contribution >= 0.6 is 0 Å². The summed E-state index contributed by atoms with van der Waals surface area (Å²) < 4.78 is 10.5. The number of anilines is 2. The highest BCUT2D eigenvalue weighted by molar-refractivity contribution is 6.07. The summed E-state index contributed by atoms with van der Waals surface area (Å²) in [5, 5.41) is 5.66. The lowest BCUT2D eigenvalue weighted by atomic mass is 10.1. The molecule has 0 saturated carbocycles. The van der Waals surface area contributed by atoms with E-state index in [1.54, 1.807) is 32.4 Å². The van der Waals surface area contributed by atoms with Crippen LogP contribution in [-0.2, 0) is 13.0 Å². The molecule has 1 aliphatic heterocycles. The third-order valence-corrected chi connectivity index (χ3v) is 5.70. The van der Waals surface area contributed by atoms with Crippen molar-refractivity contribution in [3.8, 4) is 11.5 Å². The Balaban J connectivity index is 1.44. The number of rotatable bonds is 6. The fraction of sp³-hybridized carbons (Fsp3) is 0.231. The third kappa shape index (κ3) is 4.77. The molecule has 0 saturated heterocycles. The van der Waals surface area contributed by atoms with Crippen LogP contribution in [-0.4, -0.2) is 32.2 Å². The Morgan fingerprint density at radius 2 is 1.73 bits per heavy atom. The molecule has 0 unspecified atom stereocenters. The van der Waals surface area contributed by atoms with E-state index in [2.05, 4.69) is 17.6 Å². The van der Waals surface area contributed by atoms with Gasteiger partial charge in [-0.25, -0.2) is 4.79 Å². The van der Waals surface area contributed by atoms with Gasteiger partial charge >= 0.3 is 6.03 Å². The molecule has 170 valence electrons. The second-order valence-corrected chi connectivity index (χ2v) is 7.93. The first-order chi connectivity index (χ1) is 16.0. The van der Waals surface area contributed by atoms with Gasteiger partial charge in [0.05, 0.1) is 14.2 Å². The molecule has 3 aromatic rings. The van der Waals surface area contributed by atoms with Crippen LogP contribution in [0.25, 0.3) is 0 Å². The van der Waals surface area contributed by atoms with Crippen LogP contribution in [0, 0.1) is 0 Å². The Bertz CT molecular complexity index is 1160. The minimum absolute atomic E-state index is 0.0156. The molecule has 1 heterocycles. The largest absolute Gasteiger partial charge is 0.493 e. The highest BCUT2D eigenvalue weighted by Gasteiger charge is 2.31. The summed E-state index contributed by atoms with van der Waals surface area (Å²) in [6.45, 7) is 2.38. The normalized spacial score (nSPS) is 14.4. The van der Waals surface area contributed by atoms with Crippen molar-refractivity contribution in [3.63, 3.8) is 0 Å². The molecule has 3 aromatic carbocycles. The summed E-state index contributed by atoms with van der Waals surface area (Å²) in [6.07, 6.45) is 0.807. The lowest BCUT2D eigenvalue weighted by Gasteiger charge is -2.23. The molecule has 0 radical (unpaired) electrons. The second kappa shape index (κ2) is 9.65. The predicted octanol–water partition coefficient (Wildman–Crippen LogP) is 4.62. The number of carbonyl (C=O) groups is 2. The quantitative estimate of drug-likeness (QED) is 0.580. The third-order valence-electron chi connectivity index (χ3n) is 5.70. The average Bonchev–Trinajstić information content (AvgIpc) is 3.17. The SMILES string of the molecule is COc1ccc(NC(=O)NCc2ccc3c(c2)N(C(=O)c2ccccc2)[C@@H](C)C3)cc1OC. The number of hydrogen-bond donors (Lipinski definition) is 2. The van der Waals surface area contributed by atoms with E-state index in [1.165, 1.54) is 0 Å². The smallest absolute Gasteiger partial charge is 0.319 e. The zero-order valence-corrected chi connectivity index (χ0v) is 18.9.